The molecule has 0 spiro atoms. The molecule has 0 aliphatic carbocycles. The fourth-order valence-corrected chi connectivity index (χ4v) is 4.50. The fraction of sp³-hybridized carbons (Fsp3) is 0.667. The molecule has 1 aromatic rings. The fourth-order valence-electron chi connectivity index (χ4n) is 4.50. The second-order valence-corrected chi connectivity index (χ2v) is 11.7. The van der Waals surface area contributed by atoms with Crippen LogP contribution in [0.3, 0.4) is 0 Å². The van der Waals surface area contributed by atoms with Gasteiger partial charge in [-0.05, 0) is 36.5 Å². The molecule has 19 heteroatoms. The first-order valence-electron chi connectivity index (χ1n) is 17.2. The molecule has 0 bridgehead atoms. The topological polar surface area (TPSA) is 284 Å². The number of carbonyl (C=O) groups is 5. The van der Waals surface area contributed by atoms with E-state index >= 15 is 0 Å². The lowest BCUT2D eigenvalue weighted by Gasteiger charge is -2.26. The molecule has 11 N–H and O–H groups in total. The third-order valence-corrected chi connectivity index (χ3v) is 7.13. The zero-order valence-corrected chi connectivity index (χ0v) is 30.1. The zero-order chi connectivity index (χ0) is 38.6. The van der Waals surface area contributed by atoms with Gasteiger partial charge in [0.25, 0.3) is 0 Å². The van der Waals surface area contributed by atoms with E-state index in [4.69, 9.17) is 35.2 Å². The molecule has 0 radical (unpaired) electrons. The smallest absolute Gasteiger partial charge is 0.405 e. The minimum atomic E-state index is -1.41. The number of nitrogens with one attached hydrogen (secondary N) is 5. The Morgan fingerprint density at radius 1 is 0.673 bits per heavy atom. The van der Waals surface area contributed by atoms with Crippen LogP contribution in [0, 0.1) is 5.92 Å². The Bertz CT molecular complexity index is 1180. The van der Waals surface area contributed by atoms with E-state index in [1.165, 1.54) is 12.1 Å². The van der Waals surface area contributed by atoms with E-state index < -0.39 is 53.9 Å². The molecule has 0 unspecified atom stereocenters. The van der Waals surface area contributed by atoms with Gasteiger partial charge >= 0.3 is 12.1 Å². The van der Waals surface area contributed by atoms with E-state index in [-0.39, 0.29) is 51.3 Å². The zero-order valence-electron chi connectivity index (χ0n) is 30.1. The number of hydrogen-bond donors (Lipinski definition) is 9. The summed E-state index contributed by atoms with van der Waals surface area (Å²) in [5.41, 5.74) is 11.1. The molecular formula is C33H57N7O12. The minimum absolute atomic E-state index is 0.0234. The van der Waals surface area contributed by atoms with Crippen LogP contribution in [-0.2, 0) is 44.5 Å². The van der Waals surface area contributed by atoms with Crippen molar-refractivity contribution in [3.63, 3.8) is 0 Å². The number of nitrogens with two attached hydrogens (primary N) is 2. The van der Waals surface area contributed by atoms with Gasteiger partial charge in [-0.2, -0.15) is 0 Å². The number of urea groups is 1. The van der Waals surface area contributed by atoms with Gasteiger partial charge in [0.1, 0.15) is 23.9 Å². The summed E-state index contributed by atoms with van der Waals surface area (Å²) in [6.45, 7) is 7.82. The molecule has 0 saturated carbocycles. The van der Waals surface area contributed by atoms with Crippen LogP contribution in [0.1, 0.15) is 32.3 Å². The summed E-state index contributed by atoms with van der Waals surface area (Å²) in [6.07, 6.45) is -1.11. The summed E-state index contributed by atoms with van der Waals surface area (Å²) in [5, 5.41) is 31.4. The lowest BCUT2D eigenvalue weighted by Crippen LogP contribution is -2.58. The lowest BCUT2D eigenvalue weighted by atomic mass is 10.0. The van der Waals surface area contributed by atoms with Gasteiger partial charge < -0.3 is 71.9 Å². The molecule has 0 saturated heterocycles. The normalized spacial score (nSPS) is 12.8. The van der Waals surface area contributed by atoms with Gasteiger partial charge in [-0.3, -0.25) is 14.4 Å². The number of hydrogen-bond acceptors (Lipinski definition) is 12. The Morgan fingerprint density at radius 2 is 1.19 bits per heavy atom. The van der Waals surface area contributed by atoms with Crippen molar-refractivity contribution < 1.29 is 57.9 Å². The highest BCUT2D eigenvalue weighted by Crippen LogP contribution is 2.12. The molecule has 19 nitrogen and oxygen atoms in total. The Labute approximate surface area is 304 Å². The van der Waals surface area contributed by atoms with Crippen molar-refractivity contribution in [2.45, 2.75) is 51.2 Å². The summed E-state index contributed by atoms with van der Waals surface area (Å²) in [4.78, 5) is 62.3. The van der Waals surface area contributed by atoms with Crippen LogP contribution in [0.2, 0.25) is 0 Å². The summed E-state index contributed by atoms with van der Waals surface area (Å²) >= 11 is 0. The summed E-state index contributed by atoms with van der Waals surface area (Å²) in [7, 11) is 0. The average Bonchev–Trinajstić information content (AvgIpc) is 3.09. The number of aromatic hydroxyl groups is 1. The van der Waals surface area contributed by atoms with Crippen LogP contribution < -0.4 is 38.1 Å². The van der Waals surface area contributed by atoms with E-state index in [0.717, 1.165) is 0 Å². The Morgan fingerprint density at radius 3 is 1.69 bits per heavy atom. The van der Waals surface area contributed by atoms with Gasteiger partial charge in [0.15, 0.2) is 0 Å². The van der Waals surface area contributed by atoms with Crippen molar-refractivity contribution in [1.29, 1.82) is 0 Å². The quantitative estimate of drug-likeness (QED) is 0.0420. The highest BCUT2D eigenvalue weighted by Gasteiger charge is 2.31. The van der Waals surface area contributed by atoms with Crippen molar-refractivity contribution in [1.82, 2.24) is 26.6 Å². The number of primary amides is 1. The molecule has 0 aromatic heterocycles. The van der Waals surface area contributed by atoms with Gasteiger partial charge in [-0.15, -0.1) is 0 Å². The Hall–Kier alpha value is -4.27. The predicted octanol–water partition coefficient (Wildman–Crippen LogP) is -1.20. The predicted molar refractivity (Wildman–Crippen MR) is 188 cm³/mol. The van der Waals surface area contributed by atoms with Gasteiger partial charge in [0.05, 0.1) is 66.1 Å². The van der Waals surface area contributed by atoms with E-state index in [0.29, 0.717) is 65.0 Å². The number of rotatable bonds is 30. The third-order valence-electron chi connectivity index (χ3n) is 7.13. The maximum absolute atomic E-state index is 13.6. The first-order valence-corrected chi connectivity index (χ1v) is 17.2. The maximum Gasteiger partial charge on any atom is 0.405 e. The molecule has 6 amide bonds. The van der Waals surface area contributed by atoms with Crippen molar-refractivity contribution in [2.75, 3.05) is 85.7 Å². The largest absolute Gasteiger partial charge is 0.508 e. The first kappa shape index (κ1) is 45.8. The maximum atomic E-state index is 13.6. The highest BCUT2D eigenvalue weighted by atomic mass is 16.6. The van der Waals surface area contributed by atoms with Crippen LogP contribution in [-0.4, -0.2) is 144 Å². The van der Waals surface area contributed by atoms with Crippen LogP contribution in [0.15, 0.2) is 24.3 Å². The number of carboxylic acid groups (broad SMARTS) is 1. The van der Waals surface area contributed by atoms with Crippen LogP contribution in [0.25, 0.3) is 0 Å². The van der Waals surface area contributed by atoms with Crippen molar-refractivity contribution in [3.05, 3.63) is 29.8 Å². The Balaban J connectivity index is 2.67. The minimum Gasteiger partial charge on any atom is -0.508 e. The number of phenolic OH excluding ortho intramolecular Hbond substituents is 1. The molecule has 0 heterocycles. The van der Waals surface area contributed by atoms with Crippen molar-refractivity contribution >= 4 is 29.8 Å². The molecule has 0 aliphatic rings. The number of amides is 6. The highest BCUT2D eigenvalue weighted by molar-refractivity contribution is 5.94. The second kappa shape index (κ2) is 28.3. The molecule has 0 aliphatic heterocycles. The average molecular weight is 744 g/mol. The second-order valence-electron chi connectivity index (χ2n) is 11.7. The summed E-state index contributed by atoms with van der Waals surface area (Å²) in [5.74, 6) is -2.39. The first-order chi connectivity index (χ1) is 24.9. The molecule has 296 valence electrons. The number of ether oxygens (including phenoxy) is 5. The number of carbonyl (C=O) groups excluding carboxylic acids is 4. The summed E-state index contributed by atoms with van der Waals surface area (Å²) < 4.78 is 27.0. The lowest BCUT2D eigenvalue weighted by molar-refractivity contribution is -0.133. The van der Waals surface area contributed by atoms with Crippen LogP contribution in [0.4, 0.5) is 9.59 Å². The van der Waals surface area contributed by atoms with E-state index in [1.807, 2.05) is 0 Å². The van der Waals surface area contributed by atoms with E-state index in [1.54, 1.807) is 26.0 Å². The van der Waals surface area contributed by atoms with Gasteiger partial charge in [0.2, 0.25) is 17.7 Å². The van der Waals surface area contributed by atoms with Gasteiger partial charge in [-0.1, -0.05) is 26.0 Å². The standard InChI is InChI=1S/C33H57N7O12/c1-23(2)28(40-33(46)47)31(44)38-26(4-3-10-37-32(35)45)30(43)39-27(22-24-5-7-25(41)8-6-24)29(42)36-11-13-49-15-17-51-19-21-52-20-18-50-16-14-48-12-9-34/h5-8,23,26-28,40-41H,3-4,9-22,34H2,1-2H3,(H,36,42)(H,38,44)(H,39,43)(H,46,47)(H3,35,37,45)/t26-,27-,28-/m0/s1. The van der Waals surface area contributed by atoms with Gasteiger partial charge in [0, 0.05) is 26.1 Å². The van der Waals surface area contributed by atoms with Crippen molar-refractivity contribution in [2.24, 2.45) is 17.4 Å². The van der Waals surface area contributed by atoms with Gasteiger partial charge in [-0.25, -0.2) is 9.59 Å². The van der Waals surface area contributed by atoms with Crippen LogP contribution >= 0.6 is 0 Å². The van der Waals surface area contributed by atoms with Crippen molar-refractivity contribution in [3.8, 4) is 5.75 Å². The molecule has 0 fully saturated rings. The SMILES string of the molecule is CC(C)[C@H](NC(=O)O)C(=O)N[C@@H](CCCNC(N)=O)C(=O)N[C@@H](Cc1ccc(O)cc1)C(=O)NCCOCCOCCOCCOCCOCCN. The molecule has 1 rings (SSSR count). The number of benzene rings is 1. The Kier molecular flexibility index (Phi) is 24.9. The molecule has 1 aromatic carbocycles. The molecule has 52 heavy (non-hydrogen) atoms. The number of phenols is 1. The van der Waals surface area contributed by atoms with E-state index in [2.05, 4.69) is 26.6 Å². The molecular weight excluding hydrogens is 686 g/mol. The van der Waals surface area contributed by atoms with E-state index in [9.17, 15) is 34.2 Å². The molecule has 3 atom stereocenters. The van der Waals surface area contributed by atoms with Crippen LogP contribution in [0.5, 0.6) is 5.75 Å². The third kappa shape index (κ3) is 22.5. The summed E-state index contributed by atoms with van der Waals surface area (Å²) in [6, 6.07) is 1.88. The monoisotopic (exact) mass is 743 g/mol.